The minimum Gasteiger partial charge on any atom is -0.417 e. The van der Waals surface area contributed by atoms with E-state index in [0.717, 1.165) is 17.4 Å². The Morgan fingerprint density at radius 1 is 1.16 bits per heavy atom. The zero-order valence-electron chi connectivity index (χ0n) is 19.9. The molecule has 2 atom stereocenters. The maximum Gasteiger partial charge on any atom is 0.338 e. The number of nitrogens with zero attached hydrogens (tertiary/aromatic N) is 2. The number of aromatic nitrogens is 2. The molecule has 32 heavy (non-hydrogen) atoms. The van der Waals surface area contributed by atoms with Gasteiger partial charge in [0.25, 0.3) is 11.5 Å². The highest BCUT2D eigenvalue weighted by Gasteiger charge is 2.38. The van der Waals surface area contributed by atoms with Crippen LogP contribution in [0.15, 0.2) is 58.3 Å². The van der Waals surface area contributed by atoms with E-state index in [1.54, 1.807) is 43.5 Å². The van der Waals surface area contributed by atoms with Gasteiger partial charge in [0, 0.05) is 23.9 Å². The van der Waals surface area contributed by atoms with Crippen LogP contribution in [0, 0.1) is 12.8 Å². The normalized spacial score (nSPS) is 19.2. The van der Waals surface area contributed by atoms with Crippen LogP contribution in [0.5, 0.6) is 0 Å². The molecule has 0 bridgehead atoms. The van der Waals surface area contributed by atoms with Gasteiger partial charge in [0.05, 0.1) is 6.04 Å². The van der Waals surface area contributed by atoms with E-state index < -0.39 is 25.5 Å². The first-order valence-electron chi connectivity index (χ1n) is 11.2. The molecule has 0 N–H and O–H groups in total. The average molecular weight is 455 g/mol. The van der Waals surface area contributed by atoms with E-state index in [4.69, 9.17) is 4.43 Å². The lowest BCUT2D eigenvalue weighted by atomic mass is 9.91. The van der Waals surface area contributed by atoms with Crippen LogP contribution in [-0.2, 0) is 4.43 Å². The summed E-state index contributed by atoms with van der Waals surface area (Å²) in [5, 5.41) is 0.137. The molecule has 1 aromatic carbocycles. The van der Waals surface area contributed by atoms with Gasteiger partial charge in [-0.2, -0.15) is 4.57 Å². The van der Waals surface area contributed by atoms with Gasteiger partial charge in [-0.1, -0.05) is 51.1 Å². The van der Waals surface area contributed by atoms with Crippen LogP contribution in [-0.4, -0.2) is 30.0 Å². The summed E-state index contributed by atoms with van der Waals surface area (Å²) in [5.74, 6) is -0.327. The maximum absolute atomic E-state index is 13.3. The minimum absolute atomic E-state index is 0.137. The summed E-state index contributed by atoms with van der Waals surface area (Å²) in [5.41, 5.74) is -0.501. The van der Waals surface area contributed by atoms with Gasteiger partial charge in [-0.25, -0.2) is 4.79 Å². The van der Waals surface area contributed by atoms with Gasteiger partial charge in [0.15, 0.2) is 8.32 Å². The number of aryl methyl sites for hydroxylation is 1. The highest BCUT2D eigenvalue weighted by molar-refractivity contribution is 6.74. The Labute approximate surface area is 190 Å². The second-order valence-electron chi connectivity index (χ2n) is 10.2. The number of allylic oxidation sites excluding steroid dienone is 2. The van der Waals surface area contributed by atoms with E-state index >= 15 is 0 Å². The zero-order chi connectivity index (χ0) is 23.7. The first-order valence-corrected chi connectivity index (χ1v) is 14.1. The number of rotatable bonds is 5. The summed E-state index contributed by atoms with van der Waals surface area (Å²) in [7, 11) is -1.86. The van der Waals surface area contributed by atoms with Crippen molar-refractivity contribution < 1.29 is 9.22 Å². The lowest BCUT2D eigenvalue weighted by Gasteiger charge is -2.38. The monoisotopic (exact) mass is 454 g/mol. The summed E-state index contributed by atoms with van der Waals surface area (Å²) in [6.07, 6.45) is 7.25. The van der Waals surface area contributed by atoms with Crippen molar-refractivity contribution in [2.75, 3.05) is 6.61 Å². The standard InChI is InChI=1S/C25H34N2O4Si/c1-18-16-26(24(30)27(22(18)28)23(29)20-12-8-7-9-13-20)21-14-10-11-19(15-21)17-31-32(5,6)25(2,3)4/h7-10,12-14,16,19,21H,11,15,17H2,1-6H3/t19-,21+/m0/s1. The van der Waals surface area contributed by atoms with Crippen molar-refractivity contribution in [1.29, 1.82) is 0 Å². The van der Waals surface area contributed by atoms with Gasteiger partial charge in [0.2, 0.25) is 0 Å². The third-order valence-electron chi connectivity index (χ3n) is 6.75. The van der Waals surface area contributed by atoms with Crippen LogP contribution in [0.25, 0.3) is 0 Å². The molecule has 0 radical (unpaired) electrons. The lowest BCUT2D eigenvalue weighted by molar-refractivity contribution is 0.0947. The van der Waals surface area contributed by atoms with E-state index in [0.29, 0.717) is 17.7 Å². The largest absolute Gasteiger partial charge is 0.417 e. The smallest absolute Gasteiger partial charge is 0.338 e. The van der Waals surface area contributed by atoms with Crippen LogP contribution in [0.3, 0.4) is 0 Å². The third kappa shape index (κ3) is 4.94. The lowest BCUT2D eigenvalue weighted by Crippen LogP contribution is -2.46. The number of carbonyl (C=O) groups excluding carboxylic acids is 1. The zero-order valence-corrected chi connectivity index (χ0v) is 20.9. The van der Waals surface area contributed by atoms with E-state index in [-0.39, 0.29) is 17.0 Å². The Morgan fingerprint density at radius 2 is 1.81 bits per heavy atom. The Kier molecular flexibility index (Phi) is 6.90. The maximum atomic E-state index is 13.3. The van der Waals surface area contributed by atoms with Gasteiger partial charge in [-0.05, 0) is 55.9 Å². The van der Waals surface area contributed by atoms with Gasteiger partial charge in [-0.15, -0.1) is 0 Å². The highest BCUT2D eigenvalue weighted by Crippen LogP contribution is 2.37. The molecule has 1 aliphatic rings. The molecule has 6 nitrogen and oxygen atoms in total. The average Bonchev–Trinajstić information content (AvgIpc) is 2.75. The molecule has 2 aromatic rings. The molecule has 0 fully saturated rings. The first kappa shape index (κ1) is 24.1. The highest BCUT2D eigenvalue weighted by atomic mass is 28.4. The number of carbonyl (C=O) groups is 1. The van der Waals surface area contributed by atoms with E-state index in [1.165, 1.54) is 4.57 Å². The molecule has 1 aromatic heterocycles. The van der Waals surface area contributed by atoms with Gasteiger partial charge >= 0.3 is 5.69 Å². The van der Waals surface area contributed by atoms with Crippen molar-refractivity contribution in [3.05, 3.63) is 80.6 Å². The molecule has 7 heteroatoms. The molecule has 3 rings (SSSR count). The fraction of sp³-hybridized carbons (Fsp3) is 0.480. The Bertz CT molecular complexity index is 1120. The topological polar surface area (TPSA) is 70.3 Å². The Balaban J connectivity index is 1.88. The van der Waals surface area contributed by atoms with Gasteiger partial charge in [-0.3, -0.25) is 14.2 Å². The molecule has 0 saturated heterocycles. The van der Waals surface area contributed by atoms with E-state index in [1.807, 2.05) is 6.08 Å². The van der Waals surface area contributed by atoms with E-state index in [9.17, 15) is 14.4 Å². The van der Waals surface area contributed by atoms with Crippen molar-refractivity contribution in [1.82, 2.24) is 9.13 Å². The van der Waals surface area contributed by atoms with Crippen LogP contribution in [0.1, 0.15) is 55.6 Å². The third-order valence-corrected chi connectivity index (χ3v) is 11.3. The summed E-state index contributed by atoms with van der Waals surface area (Å²) >= 11 is 0. The van der Waals surface area contributed by atoms with Crippen LogP contribution in [0.2, 0.25) is 18.1 Å². The molecule has 0 amide bonds. The van der Waals surface area contributed by atoms with Crippen LogP contribution in [0.4, 0.5) is 0 Å². The Hall–Kier alpha value is -2.51. The minimum atomic E-state index is -1.86. The van der Waals surface area contributed by atoms with Crippen molar-refractivity contribution in [2.45, 2.75) is 64.7 Å². The molecular weight excluding hydrogens is 420 g/mol. The van der Waals surface area contributed by atoms with Gasteiger partial charge < -0.3 is 4.43 Å². The second-order valence-corrected chi connectivity index (χ2v) is 15.0. The van der Waals surface area contributed by atoms with Crippen molar-refractivity contribution in [3.63, 3.8) is 0 Å². The van der Waals surface area contributed by atoms with Crippen molar-refractivity contribution >= 4 is 14.2 Å². The van der Waals surface area contributed by atoms with Crippen LogP contribution >= 0.6 is 0 Å². The fourth-order valence-corrected chi connectivity index (χ4v) is 4.74. The predicted molar refractivity (Wildman–Crippen MR) is 130 cm³/mol. The van der Waals surface area contributed by atoms with E-state index in [2.05, 4.69) is 39.9 Å². The quantitative estimate of drug-likeness (QED) is 0.491. The number of hydrogen-bond acceptors (Lipinski definition) is 4. The summed E-state index contributed by atoms with van der Waals surface area (Å²) < 4.78 is 8.70. The number of hydrogen-bond donors (Lipinski definition) is 0. The molecule has 172 valence electrons. The SMILES string of the molecule is Cc1cn([C@@H]2C=CC[C@H](CO[Si](C)(C)C(C)(C)C)C2)c(=O)n(C(=O)c2ccccc2)c1=O. The first-order chi connectivity index (χ1) is 14.9. The molecule has 0 unspecified atom stereocenters. The molecule has 1 aliphatic carbocycles. The number of benzene rings is 1. The molecule has 0 saturated carbocycles. The van der Waals surface area contributed by atoms with Crippen LogP contribution < -0.4 is 11.2 Å². The predicted octanol–water partition coefficient (Wildman–Crippen LogP) is 4.54. The van der Waals surface area contributed by atoms with Crippen molar-refractivity contribution in [3.8, 4) is 0 Å². The molecular formula is C25H34N2O4Si. The summed E-state index contributed by atoms with van der Waals surface area (Å²) in [6.45, 7) is 13.4. The fourth-order valence-electron chi connectivity index (χ4n) is 3.65. The summed E-state index contributed by atoms with van der Waals surface area (Å²) in [6, 6.07) is 8.20. The molecule has 1 heterocycles. The summed E-state index contributed by atoms with van der Waals surface area (Å²) in [4.78, 5) is 38.9. The van der Waals surface area contributed by atoms with Gasteiger partial charge in [0.1, 0.15) is 0 Å². The second kappa shape index (κ2) is 9.15. The molecule has 0 aliphatic heterocycles. The Morgan fingerprint density at radius 3 is 2.44 bits per heavy atom. The molecule has 0 spiro atoms. The van der Waals surface area contributed by atoms with Crippen molar-refractivity contribution in [2.24, 2.45) is 5.92 Å².